The van der Waals surface area contributed by atoms with Gasteiger partial charge in [-0.15, -0.1) is 6.42 Å². The van der Waals surface area contributed by atoms with E-state index in [2.05, 4.69) is 17.0 Å². The van der Waals surface area contributed by atoms with Crippen LogP contribution in [0.1, 0.15) is 24.8 Å². The third-order valence-corrected chi connectivity index (χ3v) is 6.33. The normalized spacial score (nSPS) is 22.1. The van der Waals surface area contributed by atoms with Crippen LogP contribution in [0.2, 0.25) is 0 Å². The predicted molar refractivity (Wildman–Crippen MR) is 119 cm³/mol. The third-order valence-electron chi connectivity index (χ3n) is 6.33. The van der Waals surface area contributed by atoms with Crippen molar-refractivity contribution >= 4 is 23.1 Å². The van der Waals surface area contributed by atoms with Gasteiger partial charge in [-0.2, -0.15) is 5.26 Å². The molecule has 3 aliphatic rings. The maximum absolute atomic E-state index is 14.1. The molecule has 5 rings (SSSR count). The highest BCUT2D eigenvalue weighted by atomic mass is 16.2. The first-order valence-corrected chi connectivity index (χ1v) is 10.3. The molecule has 0 fully saturated rings. The number of para-hydroxylation sites is 1. The molecule has 1 aromatic carbocycles. The molecule has 0 unspecified atom stereocenters. The van der Waals surface area contributed by atoms with Crippen LogP contribution in [0.25, 0.3) is 0 Å². The number of terminal acetylenes is 1. The monoisotopic (exact) mass is 421 g/mol. The topological polar surface area (TPSA) is 103 Å². The predicted octanol–water partition coefficient (Wildman–Crippen LogP) is 2.52. The number of allylic oxidation sites excluding steroid dienone is 1. The number of hydrogen-bond acceptors (Lipinski definition) is 6. The van der Waals surface area contributed by atoms with Gasteiger partial charge in [0.25, 0.3) is 0 Å². The van der Waals surface area contributed by atoms with E-state index in [0.717, 1.165) is 0 Å². The van der Waals surface area contributed by atoms with Crippen molar-refractivity contribution in [2.24, 2.45) is 5.73 Å². The Bertz CT molecular complexity index is 1310. The van der Waals surface area contributed by atoms with Gasteiger partial charge in [-0.1, -0.05) is 24.1 Å². The molecule has 7 nitrogen and oxygen atoms in total. The van der Waals surface area contributed by atoms with Crippen LogP contribution >= 0.6 is 0 Å². The number of aromatic nitrogens is 1. The number of amides is 1. The molecule has 2 aliphatic heterocycles. The molecule has 1 atom stereocenters. The molecule has 2 aromatic rings. The molecular formula is C25H19N5O2. The van der Waals surface area contributed by atoms with Crippen LogP contribution in [-0.4, -0.2) is 23.2 Å². The van der Waals surface area contributed by atoms with E-state index in [4.69, 9.17) is 12.2 Å². The number of pyridine rings is 1. The quantitative estimate of drug-likeness (QED) is 0.748. The average molecular weight is 421 g/mol. The lowest BCUT2D eigenvalue weighted by Gasteiger charge is -2.43. The molecule has 7 heteroatoms. The minimum Gasteiger partial charge on any atom is -0.384 e. The minimum absolute atomic E-state index is 0.0271. The summed E-state index contributed by atoms with van der Waals surface area (Å²) in [6.45, 7) is 0.0271. The highest BCUT2D eigenvalue weighted by molar-refractivity contribution is 6.20. The van der Waals surface area contributed by atoms with Gasteiger partial charge in [0.05, 0.1) is 24.0 Å². The number of carbonyl (C=O) groups excluding carboxylic acids is 2. The molecule has 0 saturated carbocycles. The van der Waals surface area contributed by atoms with Gasteiger partial charge in [0.2, 0.25) is 5.91 Å². The van der Waals surface area contributed by atoms with Crippen molar-refractivity contribution in [3.63, 3.8) is 0 Å². The van der Waals surface area contributed by atoms with Gasteiger partial charge >= 0.3 is 0 Å². The first-order chi connectivity index (χ1) is 15.6. The fourth-order valence-corrected chi connectivity index (χ4v) is 5.16. The number of Topliss-reactive ketones (excluding diaryl/α,β-unsaturated/α-hetero) is 1. The lowest BCUT2D eigenvalue weighted by Crippen LogP contribution is -2.52. The van der Waals surface area contributed by atoms with E-state index in [0.29, 0.717) is 47.5 Å². The van der Waals surface area contributed by atoms with Gasteiger partial charge in [-0.05, 0) is 31.0 Å². The van der Waals surface area contributed by atoms with Crippen LogP contribution < -0.4 is 15.5 Å². The Morgan fingerprint density at radius 1 is 1.19 bits per heavy atom. The van der Waals surface area contributed by atoms with Crippen molar-refractivity contribution in [3.8, 4) is 18.4 Å². The summed E-state index contributed by atoms with van der Waals surface area (Å²) in [5, 5.41) is 10.3. The lowest BCUT2D eigenvalue weighted by atomic mass is 9.64. The summed E-state index contributed by atoms with van der Waals surface area (Å²) in [4.78, 5) is 34.9. The van der Waals surface area contributed by atoms with Crippen LogP contribution in [-0.2, 0) is 15.0 Å². The Kier molecular flexibility index (Phi) is 4.35. The Hall–Kier alpha value is -4.36. The number of benzene rings is 1. The second-order valence-electron chi connectivity index (χ2n) is 7.88. The van der Waals surface area contributed by atoms with E-state index < -0.39 is 11.3 Å². The first-order valence-electron chi connectivity index (χ1n) is 10.3. The van der Waals surface area contributed by atoms with E-state index in [-0.39, 0.29) is 23.7 Å². The maximum Gasteiger partial charge on any atom is 0.248 e. The van der Waals surface area contributed by atoms with E-state index in [9.17, 15) is 14.9 Å². The van der Waals surface area contributed by atoms with Crippen LogP contribution in [0.15, 0.2) is 71.5 Å². The van der Waals surface area contributed by atoms with E-state index in [1.54, 1.807) is 47.6 Å². The second kappa shape index (κ2) is 7.11. The summed E-state index contributed by atoms with van der Waals surface area (Å²) in [7, 11) is 0. The number of anilines is 2. The van der Waals surface area contributed by atoms with E-state index >= 15 is 0 Å². The zero-order valence-electron chi connectivity index (χ0n) is 17.2. The molecule has 3 heterocycles. The summed E-state index contributed by atoms with van der Waals surface area (Å²) in [5.74, 6) is 2.07. The summed E-state index contributed by atoms with van der Waals surface area (Å²) in [6.07, 6.45) is 10.3. The van der Waals surface area contributed by atoms with Gasteiger partial charge in [0.15, 0.2) is 5.78 Å². The first kappa shape index (κ1) is 19.6. The van der Waals surface area contributed by atoms with E-state index in [1.165, 1.54) is 4.90 Å². The third kappa shape index (κ3) is 2.34. The zero-order valence-corrected chi connectivity index (χ0v) is 17.2. The second-order valence-corrected chi connectivity index (χ2v) is 7.88. The van der Waals surface area contributed by atoms with E-state index in [1.807, 2.05) is 6.07 Å². The van der Waals surface area contributed by atoms with Gasteiger partial charge in [-0.25, -0.2) is 0 Å². The fraction of sp³-hybridized carbons (Fsp3) is 0.200. The van der Waals surface area contributed by atoms with Gasteiger partial charge in [0, 0.05) is 35.1 Å². The molecule has 1 aliphatic carbocycles. The molecule has 0 bridgehead atoms. The molecule has 0 saturated heterocycles. The summed E-state index contributed by atoms with van der Waals surface area (Å²) in [6, 6.07) is 12.9. The van der Waals surface area contributed by atoms with Crippen molar-refractivity contribution in [3.05, 3.63) is 77.0 Å². The number of nitrogens with zero attached hydrogens (tertiary/aromatic N) is 4. The molecular weight excluding hydrogens is 402 g/mol. The molecule has 0 radical (unpaired) electrons. The smallest absolute Gasteiger partial charge is 0.248 e. The Labute approximate surface area is 185 Å². The van der Waals surface area contributed by atoms with Gasteiger partial charge < -0.3 is 5.73 Å². The number of carbonyl (C=O) groups is 2. The molecule has 32 heavy (non-hydrogen) atoms. The fourth-order valence-electron chi connectivity index (χ4n) is 5.16. The van der Waals surface area contributed by atoms with Gasteiger partial charge in [0.1, 0.15) is 17.3 Å². The van der Waals surface area contributed by atoms with Crippen molar-refractivity contribution < 1.29 is 9.59 Å². The highest BCUT2D eigenvalue weighted by Crippen LogP contribution is 2.56. The van der Waals surface area contributed by atoms with Crippen LogP contribution in [0.5, 0.6) is 0 Å². The van der Waals surface area contributed by atoms with Crippen molar-refractivity contribution in [2.45, 2.75) is 24.7 Å². The molecule has 1 aromatic heterocycles. The molecule has 1 spiro atoms. The number of nitriles is 1. The average Bonchev–Trinajstić information content (AvgIpc) is 3.04. The maximum atomic E-state index is 14.1. The van der Waals surface area contributed by atoms with Crippen molar-refractivity contribution in [1.82, 2.24) is 4.98 Å². The number of nitrogens with two attached hydrogens (primary N) is 1. The molecule has 2 N–H and O–H groups in total. The Balaban J connectivity index is 1.90. The SMILES string of the molecule is C#CCN1C(=O)[C@@]2(C(C#N)=C(N)N(c3cccnc3)C3=C2C(=O)CCC3)c2ccccc21. The number of ketones is 1. The largest absolute Gasteiger partial charge is 0.384 e. The Morgan fingerprint density at radius 3 is 2.72 bits per heavy atom. The molecule has 156 valence electrons. The Morgan fingerprint density at radius 2 is 2.00 bits per heavy atom. The summed E-state index contributed by atoms with van der Waals surface area (Å²) in [5.41, 5.74) is 7.79. The zero-order chi connectivity index (χ0) is 22.5. The summed E-state index contributed by atoms with van der Waals surface area (Å²) >= 11 is 0. The lowest BCUT2D eigenvalue weighted by molar-refractivity contribution is -0.124. The standard InChI is InChI=1S/C25H19N5O2/c1-2-13-29-19-9-4-3-8-17(19)25(24(29)32)18(14-26)23(27)30(16-7-6-12-28-15-16)20-10-5-11-21(31)22(20)25/h1,3-4,6-9,12,15H,5,10-11,13,27H2/t25-/m1/s1. The highest BCUT2D eigenvalue weighted by Gasteiger charge is 2.62. The number of fused-ring (bicyclic) bond motifs is 3. The minimum atomic E-state index is -1.60. The van der Waals surface area contributed by atoms with Gasteiger partial charge in [-0.3, -0.25) is 24.4 Å². The van der Waals surface area contributed by atoms with Crippen LogP contribution in [0.4, 0.5) is 11.4 Å². The van der Waals surface area contributed by atoms with Crippen molar-refractivity contribution in [1.29, 1.82) is 5.26 Å². The number of hydrogen-bond donors (Lipinski definition) is 1. The van der Waals surface area contributed by atoms with Crippen molar-refractivity contribution in [2.75, 3.05) is 16.3 Å². The summed E-state index contributed by atoms with van der Waals surface area (Å²) < 4.78 is 0. The van der Waals surface area contributed by atoms with Crippen LogP contribution in [0, 0.1) is 23.7 Å². The molecule has 1 amide bonds. The van der Waals surface area contributed by atoms with Crippen LogP contribution in [0.3, 0.4) is 0 Å². The number of rotatable bonds is 2.